The van der Waals surface area contributed by atoms with E-state index in [9.17, 15) is 18.8 Å². The van der Waals surface area contributed by atoms with Crippen molar-refractivity contribution in [1.82, 2.24) is 10.4 Å². The van der Waals surface area contributed by atoms with E-state index in [-0.39, 0.29) is 13.0 Å². The minimum absolute atomic E-state index is 0.137. The molecule has 1 aliphatic heterocycles. The number of hydroxylamine groups is 1. The van der Waals surface area contributed by atoms with Crippen LogP contribution < -0.4 is 20.3 Å². The number of unbranched alkanes of at least 4 members (excludes halogenated alkanes) is 1. The first-order valence-electron chi connectivity index (χ1n) is 10.3. The monoisotopic (exact) mass is 439 g/mol. The molecule has 0 aromatic heterocycles. The number of benzene rings is 1. The van der Waals surface area contributed by atoms with Crippen LogP contribution in [0, 0.1) is 5.92 Å². The van der Waals surface area contributed by atoms with E-state index < -0.39 is 35.9 Å². The van der Waals surface area contributed by atoms with Crippen molar-refractivity contribution >= 4 is 23.4 Å². The molecule has 3 N–H and O–H groups in total. The second-order valence-electron chi connectivity index (χ2n) is 7.37. The maximum atomic E-state index is 14.6. The van der Waals surface area contributed by atoms with E-state index in [4.69, 9.17) is 14.7 Å². The van der Waals surface area contributed by atoms with Crippen LogP contribution in [0.4, 0.5) is 10.1 Å². The molecule has 9 nitrogen and oxygen atoms in total. The predicted octanol–water partition coefficient (Wildman–Crippen LogP) is 2.28. The van der Waals surface area contributed by atoms with Gasteiger partial charge in [0.1, 0.15) is 17.5 Å². The summed E-state index contributed by atoms with van der Waals surface area (Å²) in [5.41, 5.74) is 1.65. The summed E-state index contributed by atoms with van der Waals surface area (Å²) in [5, 5.41) is 11.5. The number of hydrogen-bond donors (Lipinski definition) is 3. The number of halogens is 1. The third-order valence-electron chi connectivity index (χ3n) is 5.40. The number of carbonyl (C=O) groups is 3. The Hall–Kier alpha value is -2.88. The van der Waals surface area contributed by atoms with E-state index in [1.807, 2.05) is 6.92 Å². The fraction of sp³-hybridized carbons (Fsp3) is 0.571. The Balaban J connectivity index is 2.21. The Bertz CT molecular complexity index is 790. The van der Waals surface area contributed by atoms with Gasteiger partial charge in [0.25, 0.3) is 5.91 Å². The van der Waals surface area contributed by atoms with Gasteiger partial charge in [0.2, 0.25) is 11.8 Å². The number of ether oxygens (including phenoxy) is 2. The van der Waals surface area contributed by atoms with Gasteiger partial charge in [0.05, 0.1) is 25.8 Å². The van der Waals surface area contributed by atoms with Crippen LogP contribution in [0.15, 0.2) is 18.2 Å². The highest BCUT2D eigenvalue weighted by atomic mass is 19.1. The second kappa shape index (κ2) is 11.5. The molecule has 2 rings (SSSR count). The number of rotatable bonds is 10. The second-order valence-corrected chi connectivity index (χ2v) is 7.37. The number of nitrogens with one attached hydrogen (secondary N) is 2. The number of carbonyl (C=O) groups excluding carboxylic acids is 3. The minimum atomic E-state index is -2.20. The average Bonchev–Trinajstić information content (AvgIpc) is 3.28. The Labute approximate surface area is 180 Å². The molecule has 1 unspecified atom stereocenters. The van der Waals surface area contributed by atoms with Crippen molar-refractivity contribution in [1.29, 1.82) is 0 Å². The van der Waals surface area contributed by atoms with Gasteiger partial charge in [0, 0.05) is 12.6 Å². The minimum Gasteiger partial charge on any atom is -0.497 e. The number of methoxy groups -OCH3 is 2. The number of amides is 3. The predicted molar refractivity (Wildman–Crippen MR) is 111 cm³/mol. The van der Waals surface area contributed by atoms with Gasteiger partial charge in [-0.2, -0.15) is 0 Å². The molecule has 0 aliphatic carbocycles. The lowest BCUT2D eigenvalue weighted by atomic mass is 9.94. The van der Waals surface area contributed by atoms with Crippen LogP contribution in [-0.4, -0.2) is 60.8 Å². The lowest BCUT2D eigenvalue weighted by Gasteiger charge is -2.29. The third-order valence-corrected chi connectivity index (χ3v) is 5.40. The van der Waals surface area contributed by atoms with Crippen molar-refractivity contribution in [2.24, 2.45) is 5.92 Å². The lowest BCUT2D eigenvalue weighted by molar-refractivity contribution is -0.148. The van der Waals surface area contributed by atoms with Gasteiger partial charge in [0.15, 0.2) is 6.17 Å². The quantitative estimate of drug-likeness (QED) is 0.380. The van der Waals surface area contributed by atoms with Crippen LogP contribution in [-0.2, 0) is 14.4 Å². The zero-order valence-electron chi connectivity index (χ0n) is 18.0. The molecule has 3 atom stereocenters. The van der Waals surface area contributed by atoms with Crippen molar-refractivity contribution in [3.63, 3.8) is 0 Å². The molecular formula is C21H30FN3O6. The molecule has 1 aromatic rings. The molecule has 1 aliphatic rings. The largest absolute Gasteiger partial charge is 0.497 e. The SMILES string of the molecule is CCCC[C@@H](C(=O)N1CCCC1C(=O)Nc1cc(OC)ccc1OC)[C@@H](F)C(=O)NO. The zero-order chi connectivity index (χ0) is 23.0. The Morgan fingerprint density at radius 2 is 2.03 bits per heavy atom. The molecule has 1 aromatic carbocycles. The number of likely N-dealkylation sites (tertiary alicyclic amines) is 1. The molecule has 31 heavy (non-hydrogen) atoms. The molecule has 0 radical (unpaired) electrons. The molecule has 1 heterocycles. The third kappa shape index (κ3) is 5.84. The van der Waals surface area contributed by atoms with E-state index in [0.29, 0.717) is 42.9 Å². The molecule has 172 valence electrons. The molecule has 0 saturated carbocycles. The fourth-order valence-corrected chi connectivity index (χ4v) is 3.71. The van der Waals surface area contributed by atoms with Gasteiger partial charge in [-0.05, 0) is 31.4 Å². The average molecular weight is 439 g/mol. The van der Waals surface area contributed by atoms with E-state index in [1.54, 1.807) is 18.2 Å². The normalized spacial score (nSPS) is 17.6. The van der Waals surface area contributed by atoms with Gasteiger partial charge < -0.3 is 19.7 Å². The highest BCUT2D eigenvalue weighted by Crippen LogP contribution is 2.31. The summed E-state index contributed by atoms with van der Waals surface area (Å²) in [7, 11) is 2.96. The maximum Gasteiger partial charge on any atom is 0.278 e. The fourth-order valence-electron chi connectivity index (χ4n) is 3.71. The first kappa shape index (κ1) is 24.4. The summed E-state index contributed by atoms with van der Waals surface area (Å²) >= 11 is 0. The number of alkyl halides is 1. The van der Waals surface area contributed by atoms with Crippen molar-refractivity contribution in [2.45, 2.75) is 51.2 Å². The van der Waals surface area contributed by atoms with E-state index in [1.165, 1.54) is 24.6 Å². The highest BCUT2D eigenvalue weighted by molar-refractivity contribution is 5.99. The van der Waals surface area contributed by atoms with Gasteiger partial charge in [-0.15, -0.1) is 0 Å². The van der Waals surface area contributed by atoms with Crippen molar-refractivity contribution in [3.05, 3.63) is 18.2 Å². The molecule has 1 fully saturated rings. The summed E-state index contributed by atoms with van der Waals surface area (Å²) in [6, 6.07) is 4.13. The summed E-state index contributed by atoms with van der Waals surface area (Å²) < 4.78 is 25.0. The molecule has 0 spiro atoms. The van der Waals surface area contributed by atoms with E-state index in [2.05, 4.69) is 5.32 Å². The van der Waals surface area contributed by atoms with Gasteiger partial charge >= 0.3 is 0 Å². The van der Waals surface area contributed by atoms with Crippen LogP contribution in [0.25, 0.3) is 0 Å². The summed E-state index contributed by atoms with van der Waals surface area (Å²) in [4.78, 5) is 39.0. The standard InChI is InChI=1S/C21H30FN3O6/c1-4-5-7-14(18(22)20(27)24-29)21(28)25-11-6-8-16(25)19(26)23-15-12-13(30-2)9-10-17(15)31-3/h9-10,12,14,16,18,29H,4-8,11H2,1-3H3,(H,23,26)(H,24,27)/t14-,16?,18-/m1/s1. The Morgan fingerprint density at radius 3 is 2.65 bits per heavy atom. The van der Waals surface area contributed by atoms with Crippen LogP contribution in [0.5, 0.6) is 11.5 Å². The molecule has 1 saturated heterocycles. The van der Waals surface area contributed by atoms with E-state index >= 15 is 0 Å². The van der Waals surface area contributed by atoms with Gasteiger partial charge in [-0.25, -0.2) is 9.87 Å². The van der Waals surface area contributed by atoms with Gasteiger partial charge in [-0.1, -0.05) is 19.8 Å². The van der Waals surface area contributed by atoms with Crippen molar-refractivity contribution in [3.8, 4) is 11.5 Å². The van der Waals surface area contributed by atoms with Gasteiger partial charge in [-0.3, -0.25) is 19.6 Å². The van der Waals surface area contributed by atoms with Crippen LogP contribution >= 0.6 is 0 Å². The van der Waals surface area contributed by atoms with Crippen molar-refractivity contribution in [2.75, 3.05) is 26.1 Å². The number of hydrogen-bond acceptors (Lipinski definition) is 6. The number of nitrogens with zero attached hydrogens (tertiary/aromatic N) is 1. The van der Waals surface area contributed by atoms with Crippen LogP contribution in [0.3, 0.4) is 0 Å². The smallest absolute Gasteiger partial charge is 0.278 e. The van der Waals surface area contributed by atoms with Crippen LogP contribution in [0.1, 0.15) is 39.0 Å². The molecule has 0 bridgehead atoms. The van der Waals surface area contributed by atoms with Crippen molar-refractivity contribution < 1.29 is 33.5 Å². The zero-order valence-corrected chi connectivity index (χ0v) is 18.0. The first-order valence-corrected chi connectivity index (χ1v) is 10.3. The summed E-state index contributed by atoms with van der Waals surface area (Å²) in [6.07, 6.45) is 0.152. The topological polar surface area (TPSA) is 117 Å². The first-order chi connectivity index (χ1) is 14.9. The molecular weight excluding hydrogens is 409 g/mol. The Morgan fingerprint density at radius 1 is 1.29 bits per heavy atom. The summed E-state index contributed by atoms with van der Waals surface area (Å²) in [5.74, 6) is -2.64. The van der Waals surface area contributed by atoms with Crippen LogP contribution in [0.2, 0.25) is 0 Å². The summed E-state index contributed by atoms with van der Waals surface area (Å²) in [6.45, 7) is 2.16. The molecule has 10 heteroatoms. The lowest BCUT2D eigenvalue weighted by Crippen LogP contribution is -2.49. The Kier molecular flexibility index (Phi) is 9.04. The highest BCUT2D eigenvalue weighted by Gasteiger charge is 2.41. The van der Waals surface area contributed by atoms with E-state index in [0.717, 1.165) is 0 Å². The molecule has 3 amide bonds. The maximum absolute atomic E-state index is 14.6. The number of anilines is 1.